The second-order valence-corrected chi connectivity index (χ2v) is 3.48. The Labute approximate surface area is 94.7 Å². The average Bonchev–Trinajstić information content (AvgIpc) is 2.20. The number of rotatable bonds is 2. The molecule has 0 bridgehead atoms. The molecular weight excluding hydrogens is 238 g/mol. The molecule has 1 aromatic heterocycles. The lowest BCUT2D eigenvalue weighted by molar-refractivity contribution is 1.25. The summed E-state index contributed by atoms with van der Waals surface area (Å²) in [5.41, 5.74) is 3.21. The predicted molar refractivity (Wildman–Crippen MR) is 68.4 cm³/mol. The lowest BCUT2D eigenvalue weighted by Gasteiger charge is -2.05. The predicted octanol–water partition coefficient (Wildman–Crippen LogP) is 4.42. The van der Waals surface area contributed by atoms with Crippen LogP contribution in [0.4, 0.5) is 0 Å². The Bertz CT molecular complexity index is 329. The van der Waals surface area contributed by atoms with Gasteiger partial charge in [-0.25, -0.2) is 0 Å². The largest absolute Gasteiger partial charge is 0.264 e. The summed E-state index contributed by atoms with van der Waals surface area (Å²) in [7, 11) is 0. The molecule has 76 valence electrons. The summed E-state index contributed by atoms with van der Waals surface area (Å²) in [6.07, 6.45) is 5.41. The Hall–Kier alpha value is -0.890. The van der Waals surface area contributed by atoms with Crippen molar-refractivity contribution in [1.29, 1.82) is 0 Å². The van der Waals surface area contributed by atoms with Crippen LogP contribution >= 0.6 is 15.9 Å². The van der Waals surface area contributed by atoms with Gasteiger partial charge in [-0.05, 0) is 18.1 Å². The molecule has 0 aromatic carbocycles. The van der Waals surface area contributed by atoms with Crippen molar-refractivity contribution >= 4 is 26.5 Å². The maximum atomic E-state index is 4.08. The highest BCUT2D eigenvalue weighted by Crippen LogP contribution is 2.24. The Morgan fingerprint density at radius 1 is 1.43 bits per heavy atom. The van der Waals surface area contributed by atoms with E-state index >= 15 is 0 Å². The summed E-state index contributed by atoms with van der Waals surface area (Å²) in [6.45, 7) is 13.6. The molecule has 0 atom stereocenters. The van der Waals surface area contributed by atoms with Gasteiger partial charge in [0.05, 0.1) is 0 Å². The molecule has 0 fully saturated rings. The zero-order valence-electron chi connectivity index (χ0n) is 8.97. The number of nitrogens with zero attached hydrogens (tertiary/aromatic N) is 1. The maximum Gasteiger partial charge on any atom is 0.0357 e. The van der Waals surface area contributed by atoms with Crippen LogP contribution in [0.3, 0.4) is 0 Å². The van der Waals surface area contributed by atoms with Crippen LogP contribution in [0.25, 0.3) is 10.6 Å². The summed E-state index contributed by atoms with van der Waals surface area (Å²) in [5, 5.41) is 0. The minimum atomic E-state index is 0.841. The third-order valence-electron chi connectivity index (χ3n) is 1.68. The Morgan fingerprint density at radius 2 is 2.00 bits per heavy atom. The highest BCUT2D eigenvalue weighted by Gasteiger charge is 2.03. The second-order valence-electron chi connectivity index (χ2n) is 2.53. The number of hydrogen-bond donors (Lipinski definition) is 0. The van der Waals surface area contributed by atoms with Crippen LogP contribution in [-0.4, -0.2) is 4.98 Å². The fourth-order valence-electron chi connectivity index (χ4n) is 1.06. The number of aryl methyl sites for hydroxylation is 1. The molecule has 0 saturated heterocycles. The molecular formula is C12H16BrN. The molecule has 2 heteroatoms. The van der Waals surface area contributed by atoms with Crippen molar-refractivity contribution < 1.29 is 0 Å². The number of aromatic nitrogens is 1. The van der Waals surface area contributed by atoms with Gasteiger partial charge in [0.2, 0.25) is 0 Å². The van der Waals surface area contributed by atoms with E-state index in [1.807, 2.05) is 33.0 Å². The molecule has 0 N–H and O–H groups in total. The van der Waals surface area contributed by atoms with E-state index in [4.69, 9.17) is 0 Å². The first-order chi connectivity index (χ1) is 6.66. The van der Waals surface area contributed by atoms with Gasteiger partial charge >= 0.3 is 0 Å². The van der Waals surface area contributed by atoms with Gasteiger partial charge in [-0.15, -0.1) is 0 Å². The van der Waals surface area contributed by atoms with Crippen LogP contribution in [0.2, 0.25) is 0 Å². The molecule has 1 heterocycles. The molecule has 0 radical (unpaired) electrons. The van der Waals surface area contributed by atoms with Crippen molar-refractivity contribution in [3.05, 3.63) is 42.2 Å². The van der Waals surface area contributed by atoms with E-state index in [-0.39, 0.29) is 0 Å². The van der Waals surface area contributed by atoms with E-state index < -0.39 is 0 Å². The minimum absolute atomic E-state index is 0.841. The molecule has 0 amide bonds. The van der Waals surface area contributed by atoms with E-state index in [0.717, 1.165) is 21.2 Å². The molecule has 0 aliphatic carbocycles. The molecule has 0 spiro atoms. The minimum Gasteiger partial charge on any atom is -0.264 e. The molecule has 0 aliphatic rings. The van der Waals surface area contributed by atoms with Gasteiger partial charge in [0.15, 0.2) is 0 Å². The van der Waals surface area contributed by atoms with Crippen LogP contribution in [-0.2, 0) is 0 Å². The zero-order valence-corrected chi connectivity index (χ0v) is 10.6. The van der Waals surface area contributed by atoms with Crippen molar-refractivity contribution in [1.82, 2.24) is 4.98 Å². The third-order valence-corrected chi connectivity index (χ3v) is 2.11. The van der Waals surface area contributed by atoms with Gasteiger partial charge in [0, 0.05) is 22.4 Å². The summed E-state index contributed by atoms with van der Waals surface area (Å²) >= 11 is 3.33. The van der Waals surface area contributed by atoms with Crippen LogP contribution < -0.4 is 0 Å². The van der Waals surface area contributed by atoms with Crippen molar-refractivity contribution in [2.75, 3.05) is 0 Å². The smallest absolute Gasteiger partial charge is 0.0357 e. The van der Waals surface area contributed by atoms with Crippen molar-refractivity contribution in [3.8, 4) is 0 Å². The van der Waals surface area contributed by atoms with E-state index in [1.165, 1.54) is 0 Å². The first-order valence-corrected chi connectivity index (χ1v) is 5.38. The Balaban J connectivity index is 0.000000791. The second kappa shape index (κ2) is 6.55. The third kappa shape index (κ3) is 3.11. The van der Waals surface area contributed by atoms with Gasteiger partial charge in [0.1, 0.15) is 0 Å². The molecule has 1 nitrogen and oxygen atoms in total. The normalized spacial score (nSPS) is 8.57. The van der Waals surface area contributed by atoms with Gasteiger partial charge < -0.3 is 0 Å². The number of hydrogen-bond acceptors (Lipinski definition) is 1. The highest BCUT2D eigenvalue weighted by molar-refractivity contribution is 9.15. The molecule has 14 heavy (non-hydrogen) atoms. The van der Waals surface area contributed by atoms with E-state index in [2.05, 4.69) is 34.1 Å². The monoisotopic (exact) mass is 253 g/mol. The lowest BCUT2D eigenvalue weighted by atomic mass is 10.1. The summed E-state index contributed by atoms with van der Waals surface area (Å²) < 4.78 is 0.841. The standard InChI is InChI=1S/C10H10BrN.C2H6/c1-4-9-7(2)5-12-6-10(9)8(3)11;1-2/h4-6H,1,3H2,2H3;1-2H3. The molecule has 0 aliphatic heterocycles. The van der Waals surface area contributed by atoms with E-state index in [0.29, 0.717) is 0 Å². The number of halogens is 1. The lowest BCUT2D eigenvalue weighted by Crippen LogP contribution is -1.89. The summed E-state index contributed by atoms with van der Waals surface area (Å²) in [4.78, 5) is 4.08. The van der Waals surface area contributed by atoms with Crippen LogP contribution in [0.15, 0.2) is 25.6 Å². The Kier molecular flexibility index (Phi) is 6.13. The quantitative estimate of drug-likeness (QED) is 0.761. The SMILES string of the molecule is C=Cc1c(C)cncc1C(=C)Br.CC. The van der Waals surface area contributed by atoms with Gasteiger partial charge in [-0.1, -0.05) is 49.0 Å². The average molecular weight is 254 g/mol. The maximum absolute atomic E-state index is 4.08. The molecule has 1 aromatic rings. The topological polar surface area (TPSA) is 12.9 Å². The summed E-state index contributed by atoms with van der Waals surface area (Å²) in [6, 6.07) is 0. The van der Waals surface area contributed by atoms with E-state index in [1.54, 1.807) is 6.20 Å². The van der Waals surface area contributed by atoms with Crippen molar-refractivity contribution in [3.63, 3.8) is 0 Å². The van der Waals surface area contributed by atoms with Crippen molar-refractivity contribution in [2.24, 2.45) is 0 Å². The van der Waals surface area contributed by atoms with Gasteiger partial charge in [0.25, 0.3) is 0 Å². The highest BCUT2D eigenvalue weighted by atomic mass is 79.9. The molecule has 0 saturated carbocycles. The van der Waals surface area contributed by atoms with Crippen LogP contribution in [0, 0.1) is 6.92 Å². The zero-order chi connectivity index (χ0) is 11.1. The van der Waals surface area contributed by atoms with Crippen molar-refractivity contribution in [2.45, 2.75) is 20.8 Å². The molecule has 0 unspecified atom stereocenters. The molecule has 1 rings (SSSR count). The first kappa shape index (κ1) is 13.1. The van der Waals surface area contributed by atoms with Crippen LogP contribution in [0.1, 0.15) is 30.5 Å². The van der Waals surface area contributed by atoms with E-state index in [9.17, 15) is 0 Å². The fraction of sp³-hybridized carbons (Fsp3) is 0.250. The summed E-state index contributed by atoms with van der Waals surface area (Å²) in [5.74, 6) is 0. The number of pyridine rings is 1. The van der Waals surface area contributed by atoms with Crippen LogP contribution in [0.5, 0.6) is 0 Å². The first-order valence-electron chi connectivity index (χ1n) is 4.58. The Morgan fingerprint density at radius 3 is 2.36 bits per heavy atom. The van der Waals surface area contributed by atoms with Gasteiger partial charge in [-0.3, -0.25) is 4.98 Å². The fourth-order valence-corrected chi connectivity index (χ4v) is 1.38. The van der Waals surface area contributed by atoms with Gasteiger partial charge in [-0.2, -0.15) is 0 Å².